The van der Waals surface area contributed by atoms with Gasteiger partial charge in [0, 0.05) is 32.8 Å². The van der Waals surface area contributed by atoms with E-state index in [1.807, 2.05) is 0 Å². The Morgan fingerprint density at radius 2 is 2.20 bits per heavy atom. The van der Waals surface area contributed by atoms with Crippen LogP contribution in [-0.2, 0) is 9.53 Å². The summed E-state index contributed by atoms with van der Waals surface area (Å²) in [5.41, 5.74) is 5.47. The van der Waals surface area contributed by atoms with Crippen LogP contribution in [0.2, 0.25) is 0 Å². The van der Waals surface area contributed by atoms with E-state index in [2.05, 4.69) is 10.2 Å². The van der Waals surface area contributed by atoms with Gasteiger partial charge in [0.25, 0.3) is 0 Å². The molecule has 2 unspecified atom stereocenters. The van der Waals surface area contributed by atoms with Gasteiger partial charge in [0.2, 0.25) is 5.91 Å². The second-order valence-corrected chi connectivity index (χ2v) is 4.18. The molecule has 2 atom stereocenters. The van der Waals surface area contributed by atoms with Crippen molar-refractivity contribution in [2.24, 2.45) is 5.73 Å². The van der Waals surface area contributed by atoms with E-state index in [9.17, 15) is 4.79 Å². The second-order valence-electron chi connectivity index (χ2n) is 4.18. The fraction of sp³-hybridized carbons (Fsp3) is 0.900. The first kappa shape index (κ1) is 10.9. The summed E-state index contributed by atoms with van der Waals surface area (Å²) in [5, 5.41) is 3.26. The Kier molecular flexibility index (Phi) is 3.56. The van der Waals surface area contributed by atoms with E-state index in [1.54, 1.807) is 0 Å². The van der Waals surface area contributed by atoms with E-state index in [0.29, 0.717) is 0 Å². The molecule has 2 aliphatic heterocycles. The SMILES string of the molecule is NC(=O)C(C1CCCO1)N1CCNCC1. The van der Waals surface area contributed by atoms with E-state index in [0.717, 1.165) is 45.6 Å². The molecule has 2 rings (SSSR count). The first-order valence-corrected chi connectivity index (χ1v) is 5.65. The lowest BCUT2D eigenvalue weighted by atomic mass is 10.0. The highest BCUT2D eigenvalue weighted by molar-refractivity contribution is 5.80. The molecule has 0 aliphatic carbocycles. The zero-order chi connectivity index (χ0) is 10.7. The molecular formula is C10H19N3O2. The van der Waals surface area contributed by atoms with Crippen LogP contribution >= 0.6 is 0 Å². The van der Waals surface area contributed by atoms with Gasteiger partial charge in [-0.15, -0.1) is 0 Å². The minimum atomic E-state index is -0.246. The molecule has 0 radical (unpaired) electrons. The normalized spacial score (nSPS) is 30.3. The Morgan fingerprint density at radius 1 is 1.47 bits per heavy atom. The molecule has 0 bridgehead atoms. The largest absolute Gasteiger partial charge is 0.376 e. The van der Waals surface area contributed by atoms with Gasteiger partial charge < -0.3 is 15.8 Å². The van der Waals surface area contributed by atoms with Crippen molar-refractivity contribution in [1.29, 1.82) is 0 Å². The van der Waals surface area contributed by atoms with Crippen molar-refractivity contribution >= 4 is 5.91 Å². The Labute approximate surface area is 89.9 Å². The number of rotatable bonds is 3. The van der Waals surface area contributed by atoms with Crippen LogP contribution in [-0.4, -0.2) is 55.7 Å². The molecule has 0 aromatic rings. The third kappa shape index (κ3) is 2.48. The summed E-state index contributed by atoms with van der Waals surface area (Å²) in [5.74, 6) is -0.246. The molecular weight excluding hydrogens is 194 g/mol. The maximum atomic E-state index is 11.5. The molecule has 2 aliphatic rings. The van der Waals surface area contributed by atoms with Crippen molar-refractivity contribution in [3.8, 4) is 0 Å². The summed E-state index contributed by atoms with van der Waals surface area (Å²) >= 11 is 0. The monoisotopic (exact) mass is 213 g/mol. The van der Waals surface area contributed by atoms with Gasteiger partial charge in [-0.1, -0.05) is 0 Å². The van der Waals surface area contributed by atoms with E-state index in [1.165, 1.54) is 0 Å². The van der Waals surface area contributed by atoms with E-state index >= 15 is 0 Å². The van der Waals surface area contributed by atoms with Crippen LogP contribution in [0.5, 0.6) is 0 Å². The number of hydrogen-bond acceptors (Lipinski definition) is 4. The maximum Gasteiger partial charge on any atom is 0.237 e. The molecule has 3 N–H and O–H groups in total. The second kappa shape index (κ2) is 4.92. The summed E-state index contributed by atoms with van der Waals surface area (Å²) < 4.78 is 5.57. The van der Waals surface area contributed by atoms with E-state index < -0.39 is 0 Å². The quantitative estimate of drug-likeness (QED) is 0.626. The third-order valence-electron chi connectivity index (χ3n) is 3.15. The van der Waals surface area contributed by atoms with Gasteiger partial charge in [0.1, 0.15) is 6.04 Å². The van der Waals surface area contributed by atoms with Gasteiger partial charge in [-0.2, -0.15) is 0 Å². The fourth-order valence-corrected chi connectivity index (χ4v) is 2.41. The van der Waals surface area contributed by atoms with Crippen molar-refractivity contribution in [1.82, 2.24) is 10.2 Å². The highest BCUT2D eigenvalue weighted by Gasteiger charge is 2.35. The van der Waals surface area contributed by atoms with Gasteiger partial charge in [0.15, 0.2) is 0 Å². The van der Waals surface area contributed by atoms with Crippen LogP contribution in [0.4, 0.5) is 0 Å². The van der Waals surface area contributed by atoms with Gasteiger partial charge in [-0.25, -0.2) is 0 Å². The molecule has 2 saturated heterocycles. The van der Waals surface area contributed by atoms with Crippen molar-refractivity contribution in [3.05, 3.63) is 0 Å². The van der Waals surface area contributed by atoms with Crippen LogP contribution < -0.4 is 11.1 Å². The van der Waals surface area contributed by atoms with Crippen LogP contribution in [0.25, 0.3) is 0 Å². The molecule has 0 aromatic carbocycles. The zero-order valence-corrected chi connectivity index (χ0v) is 8.95. The van der Waals surface area contributed by atoms with Gasteiger partial charge in [-0.05, 0) is 12.8 Å². The Bertz CT molecular complexity index is 223. The Hall–Kier alpha value is -0.650. The summed E-state index contributed by atoms with van der Waals surface area (Å²) in [7, 11) is 0. The molecule has 1 amide bonds. The van der Waals surface area contributed by atoms with Crippen molar-refractivity contribution < 1.29 is 9.53 Å². The first-order chi connectivity index (χ1) is 7.29. The minimum absolute atomic E-state index is 0.0144. The van der Waals surface area contributed by atoms with Crippen LogP contribution in [0, 0.1) is 0 Å². The van der Waals surface area contributed by atoms with Gasteiger partial charge >= 0.3 is 0 Å². The number of hydrogen-bond donors (Lipinski definition) is 2. The Balaban J connectivity index is 2.00. The summed E-state index contributed by atoms with van der Waals surface area (Å²) in [6.45, 7) is 4.38. The number of piperazine rings is 1. The lowest BCUT2D eigenvalue weighted by molar-refractivity contribution is -0.128. The van der Waals surface area contributed by atoms with Crippen molar-refractivity contribution in [2.45, 2.75) is 25.0 Å². The summed E-state index contributed by atoms with van der Waals surface area (Å²) in [4.78, 5) is 13.6. The number of ether oxygens (including phenoxy) is 1. The molecule has 5 heteroatoms. The average molecular weight is 213 g/mol. The Morgan fingerprint density at radius 3 is 2.73 bits per heavy atom. The average Bonchev–Trinajstić information content (AvgIpc) is 2.72. The molecule has 0 saturated carbocycles. The van der Waals surface area contributed by atoms with E-state index in [4.69, 9.17) is 10.5 Å². The molecule has 0 aromatic heterocycles. The first-order valence-electron chi connectivity index (χ1n) is 5.65. The van der Waals surface area contributed by atoms with Gasteiger partial charge in [-0.3, -0.25) is 9.69 Å². The predicted molar refractivity (Wildman–Crippen MR) is 56.4 cm³/mol. The molecule has 15 heavy (non-hydrogen) atoms. The fourth-order valence-electron chi connectivity index (χ4n) is 2.41. The van der Waals surface area contributed by atoms with Crippen molar-refractivity contribution in [3.63, 3.8) is 0 Å². The third-order valence-corrected chi connectivity index (χ3v) is 3.15. The van der Waals surface area contributed by atoms with Crippen LogP contribution in [0.1, 0.15) is 12.8 Å². The van der Waals surface area contributed by atoms with Gasteiger partial charge in [0.05, 0.1) is 6.10 Å². The maximum absolute atomic E-state index is 11.5. The number of primary amides is 1. The number of carbonyl (C=O) groups excluding carboxylic acids is 1. The number of nitrogens with two attached hydrogens (primary N) is 1. The highest BCUT2D eigenvalue weighted by Crippen LogP contribution is 2.19. The standard InChI is InChI=1S/C10H19N3O2/c11-10(14)9(8-2-1-7-15-8)13-5-3-12-4-6-13/h8-9,12H,1-7H2,(H2,11,14). The summed E-state index contributed by atoms with van der Waals surface area (Å²) in [6, 6.07) is -0.227. The van der Waals surface area contributed by atoms with E-state index in [-0.39, 0.29) is 18.1 Å². The lowest BCUT2D eigenvalue weighted by Gasteiger charge is -2.35. The zero-order valence-electron chi connectivity index (χ0n) is 8.95. The number of nitrogens with zero attached hydrogens (tertiary/aromatic N) is 1. The van der Waals surface area contributed by atoms with Crippen molar-refractivity contribution in [2.75, 3.05) is 32.8 Å². The number of amides is 1. The topological polar surface area (TPSA) is 67.6 Å². The minimum Gasteiger partial charge on any atom is -0.376 e. The smallest absolute Gasteiger partial charge is 0.237 e. The highest BCUT2D eigenvalue weighted by atomic mass is 16.5. The number of carbonyl (C=O) groups is 1. The van der Waals surface area contributed by atoms with Crippen LogP contribution in [0.3, 0.4) is 0 Å². The number of nitrogens with one attached hydrogen (secondary N) is 1. The van der Waals surface area contributed by atoms with Crippen LogP contribution in [0.15, 0.2) is 0 Å². The summed E-state index contributed by atoms with van der Waals surface area (Å²) in [6.07, 6.45) is 2.01. The molecule has 86 valence electrons. The molecule has 0 spiro atoms. The molecule has 2 heterocycles. The molecule has 5 nitrogen and oxygen atoms in total. The lowest BCUT2D eigenvalue weighted by Crippen LogP contribution is -2.57. The predicted octanol–water partition coefficient (Wildman–Crippen LogP) is -1.08. The molecule has 2 fully saturated rings.